The summed E-state index contributed by atoms with van der Waals surface area (Å²) in [6.45, 7) is 10.7. The van der Waals surface area contributed by atoms with Crippen molar-refractivity contribution in [1.29, 1.82) is 0 Å². The smallest absolute Gasteiger partial charge is 0.316 e. The van der Waals surface area contributed by atoms with Crippen molar-refractivity contribution in [3.8, 4) is 23.0 Å². The number of hydrogen-bond donors (Lipinski definition) is 0. The molecule has 3 rings (SSSR count). The molecule has 0 spiro atoms. The van der Waals surface area contributed by atoms with Crippen LogP contribution in [0.1, 0.15) is 41.5 Å². The molecular weight excluding hydrogens is 392 g/mol. The number of esters is 2. The van der Waals surface area contributed by atoms with Crippen molar-refractivity contribution in [3.05, 3.63) is 60.7 Å². The van der Waals surface area contributed by atoms with Gasteiger partial charge in [0.2, 0.25) is 0 Å². The number of para-hydroxylation sites is 1. The van der Waals surface area contributed by atoms with E-state index in [1.54, 1.807) is 59.7 Å². The van der Waals surface area contributed by atoms with Gasteiger partial charge < -0.3 is 14.2 Å². The first-order valence-corrected chi connectivity index (χ1v) is 10.2. The monoisotopic (exact) mass is 420 g/mol. The molecule has 0 saturated heterocycles. The SMILES string of the molecule is CC(C)(C)C(=O)Oc1cc(Oc2ccccc2)c(OC(=O)C(C)(C)C)c2ccccc12. The van der Waals surface area contributed by atoms with E-state index in [9.17, 15) is 9.59 Å². The van der Waals surface area contributed by atoms with Gasteiger partial charge in [-0.1, -0.05) is 42.5 Å². The van der Waals surface area contributed by atoms with Gasteiger partial charge in [0.05, 0.1) is 10.8 Å². The average molecular weight is 421 g/mol. The summed E-state index contributed by atoms with van der Waals surface area (Å²) >= 11 is 0. The van der Waals surface area contributed by atoms with Crippen molar-refractivity contribution in [2.45, 2.75) is 41.5 Å². The van der Waals surface area contributed by atoms with E-state index in [1.165, 1.54) is 0 Å². The minimum atomic E-state index is -0.706. The Morgan fingerprint density at radius 3 is 1.74 bits per heavy atom. The van der Waals surface area contributed by atoms with E-state index in [2.05, 4.69) is 0 Å². The van der Waals surface area contributed by atoms with Gasteiger partial charge in [0.1, 0.15) is 11.5 Å². The molecule has 3 aromatic carbocycles. The van der Waals surface area contributed by atoms with Gasteiger partial charge in [-0.25, -0.2) is 0 Å². The van der Waals surface area contributed by atoms with Crippen molar-refractivity contribution in [2.24, 2.45) is 10.8 Å². The number of carbonyl (C=O) groups excluding carboxylic acids is 2. The van der Waals surface area contributed by atoms with Gasteiger partial charge in [-0.2, -0.15) is 0 Å². The van der Waals surface area contributed by atoms with Crippen LogP contribution in [0.2, 0.25) is 0 Å². The number of rotatable bonds is 4. The molecule has 162 valence electrons. The Labute approximate surface area is 182 Å². The van der Waals surface area contributed by atoms with E-state index in [1.807, 2.05) is 42.5 Å². The fourth-order valence-corrected chi connectivity index (χ4v) is 2.67. The normalized spacial score (nSPS) is 11.8. The van der Waals surface area contributed by atoms with Gasteiger partial charge in [-0.05, 0) is 53.7 Å². The Morgan fingerprint density at radius 1 is 0.645 bits per heavy atom. The molecule has 31 heavy (non-hydrogen) atoms. The molecule has 0 atom stereocenters. The average Bonchev–Trinajstić information content (AvgIpc) is 2.69. The van der Waals surface area contributed by atoms with Crippen LogP contribution in [0.5, 0.6) is 23.0 Å². The van der Waals surface area contributed by atoms with E-state index >= 15 is 0 Å². The Bertz CT molecular complexity index is 1100. The predicted molar refractivity (Wildman–Crippen MR) is 121 cm³/mol. The summed E-state index contributed by atoms with van der Waals surface area (Å²) in [4.78, 5) is 25.3. The van der Waals surface area contributed by atoms with Crippen LogP contribution in [0.15, 0.2) is 60.7 Å². The first kappa shape index (κ1) is 22.3. The topological polar surface area (TPSA) is 61.8 Å². The Balaban J connectivity index is 2.19. The molecule has 0 aliphatic heterocycles. The third-order valence-corrected chi connectivity index (χ3v) is 4.52. The van der Waals surface area contributed by atoms with Crippen LogP contribution in [-0.4, -0.2) is 11.9 Å². The van der Waals surface area contributed by atoms with Crippen molar-refractivity contribution >= 4 is 22.7 Å². The Morgan fingerprint density at radius 2 is 1.16 bits per heavy atom. The van der Waals surface area contributed by atoms with E-state index < -0.39 is 16.8 Å². The predicted octanol–water partition coefficient (Wildman–Crippen LogP) is 6.54. The first-order chi connectivity index (χ1) is 14.5. The number of benzene rings is 3. The van der Waals surface area contributed by atoms with E-state index in [-0.39, 0.29) is 11.7 Å². The third kappa shape index (κ3) is 5.23. The van der Waals surface area contributed by atoms with Gasteiger partial charge in [0.25, 0.3) is 0 Å². The van der Waals surface area contributed by atoms with Gasteiger partial charge in [-0.15, -0.1) is 0 Å². The minimum Gasteiger partial charge on any atom is -0.453 e. The second-order valence-corrected chi connectivity index (χ2v) is 9.44. The summed E-state index contributed by atoms with van der Waals surface area (Å²) in [5, 5.41) is 1.27. The Hall–Kier alpha value is -3.34. The van der Waals surface area contributed by atoms with Gasteiger partial charge in [-0.3, -0.25) is 9.59 Å². The standard InChI is InChI=1S/C26H28O5/c1-25(2,3)23(27)30-20-16-21(29-17-12-8-7-9-13-17)22(31-24(28)26(4,5)6)19-15-11-10-14-18(19)20/h7-16H,1-6H3. The molecule has 0 heterocycles. The maximum atomic E-state index is 12.7. The lowest BCUT2D eigenvalue weighted by atomic mass is 9.97. The summed E-state index contributed by atoms with van der Waals surface area (Å²) in [7, 11) is 0. The van der Waals surface area contributed by atoms with Gasteiger partial charge in [0, 0.05) is 16.8 Å². The molecule has 0 unspecified atom stereocenters. The van der Waals surface area contributed by atoms with E-state index in [0.717, 1.165) is 0 Å². The Kier molecular flexibility index (Phi) is 6.07. The highest BCUT2D eigenvalue weighted by Gasteiger charge is 2.29. The van der Waals surface area contributed by atoms with E-state index in [0.29, 0.717) is 28.0 Å². The highest BCUT2D eigenvalue weighted by atomic mass is 16.6. The van der Waals surface area contributed by atoms with Crippen LogP contribution >= 0.6 is 0 Å². The highest BCUT2D eigenvalue weighted by molar-refractivity contribution is 5.99. The molecule has 0 saturated carbocycles. The quantitative estimate of drug-likeness (QED) is 0.354. The molecule has 5 nitrogen and oxygen atoms in total. The number of fused-ring (bicyclic) bond motifs is 1. The van der Waals surface area contributed by atoms with Crippen molar-refractivity contribution < 1.29 is 23.8 Å². The maximum absolute atomic E-state index is 12.7. The van der Waals surface area contributed by atoms with Gasteiger partial charge in [0.15, 0.2) is 11.5 Å². The fourth-order valence-electron chi connectivity index (χ4n) is 2.67. The second kappa shape index (κ2) is 8.42. The van der Waals surface area contributed by atoms with Crippen LogP contribution in [-0.2, 0) is 9.59 Å². The molecule has 0 aliphatic carbocycles. The zero-order valence-electron chi connectivity index (χ0n) is 18.8. The zero-order valence-corrected chi connectivity index (χ0v) is 18.8. The van der Waals surface area contributed by atoms with E-state index in [4.69, 9.17) is 14.2 Å². The summed E-state index contributed by atoms with van der Waals surface area (Å²) < 4.78 is 17.6. The summed E-state index contributed by atoms with van der Waals surface area (Å²) in [6.07, 6.45) is 0. The van der Waals surface area contributed by atoms with Crippen molar-refractivity contribution in [2.75, 3.05) is 0 Å². The molecule has 5 heteroatoms. The van der Waals surface area contributed by atoms with Crippen LogP contribution in [0.25, 0.3) is 10.8 Å². The lowest BCUT2D eigenvalue weighted by molar-refractivity contribution is -0.143. The minimum absolute atomic E-state index is 0.287. The second-order valence-electron chi connectivity index (χ2n) is 9.44. The molecular formula is C26H28O5. The van der Waals surface area contributed by atoms with Crippen LogP contribution < -0.4 is 14.2 Å². The summed E-state index contributed by atoms with van der Waals surface area (Å²) in [6, 6.07) is 18.1. The largest absolute Gasteiger partial charge is 0.453 e. The highest BCUT2D eigenvalue weighted by Crippen LogP contribution is 2.44. The molecule has 0 N–H and O–H groups in total. The lowest BCUT2D eigenvalue weighted by Gasteiger charge is -2.22. The lowest BCUT2D eigenvalue weighted by Crippen LogP contribution is -2.26. The van der Waals surface area contributed by atoms with Crippen LogP contribution in [0.3, 0.4) is 0 Å². The van der Waals surface area contributed by atoms with Crippen molar-refractivity contribution in [3.63, 3.8) is 0 Å². The molecule has 0 amide bonds. The molecule has 0 radical (unpaired) electrons. The summed E-state index contributed by atoms with van der Waals surface area (Å²) in [5.74, 6) is 0.725. The molecule has 0 bridgehead atoms. The van der Waals surface area contributed by atoms with Crippen molar-refractivity contribution in [1.82, 2.24) is 0 Å². The van der Waals surface area contributed by atoms with Gasteiger partial charge >= 0.3 is 11.9 Å². The number of ether oxygens (including phenoxy) is 3. The first-order valence-electron chi connectivity index (χ1n) is 10.2. The number of carbonyl (C=O) groups is 2. The fraction of sp³-hybridized carbons (Fsp3) is 0.308. The molecule has 3 aromatic rings. The summed E-state index contributed by atoms with van der Waals surface area (Å²) in [5.41, 5.74) is -1.39. The molecule has 0 fully saturated rings. The van der Waals surface area contributed by atoms with Crippen LogP contribution in [0.4, 0.5) is 0 Å². The maximum Gasteiger partial charge on any atom is 0.316 e. The molecule has 0 aromatic heterocycles. The third-order valence-electron chi connectivity index (χ3n) is 4.52. The zero-order chi connectivity index (χ0) is 22.8. The number of hydrogen-bond acceptors (Lipinski definition) is 5. The van der Waals surface area contributed by atoms with Crippen LogP contribution in [0, 0.1) is 10.8 Å². The molecule has 0 aliphatic rings.